The molecule has 0 saturated carbocycles. The normalized spacial score (nSPS) is 16.3. The average Bonchev–Trinajstić information content (AvgIpc) is 2.60. The van der Waals surface area contributed by atoms with Crippen LogP contribution in [0.4, 0.5) is 13.6 Å². The first-order valence-corrected chi connectivity index (χ1v) is 9.81. The van der Waals surface area contributed by atoms with Crippen LogP contribution in [0.5, 0.6) is 0 Å². The summed E-state index contributed by atoms with van der Waals surface area (Å²) >= 11 is 0. The maximum absolute atomic E-state index is 14.0. The molecule has 3 rings (SSSR count). The first kappa shape index (κ1) is 21.2. The molecule has 1 amide bonds. The lowest BCUT2D eigenvalue weighted by Gasteiger charge is -2.43. The molecule has 0 radical (unpaired) electrons. The Kier molecular flexibility index (Phi) is 5.93. The molecule has 1 aliphatic rings. The van der Waals surface area contributed by atoms with Gasteiger partial charge in [0.05, 0.1) is 5.52 Å². The molecular formula is C21H27F2N3O3. The van der Waals surface area contributed by atoms with E-state index in [1.54, 1.807) is 0 Å². The van der Waals surface area contributed by atoms with Gasteiger partial charge in [0.15, 0.2) is 0 Å². The Morgan fingerprint density at radius 2 is 1.83 bits per heavy atom. The first-order chi connectivity index (χ1) is 13.6. The third-order valence-corrected chi connectivity index (χ3v) is 5.51. The number of likely N-dealkylation sites (tertiary alicyclic amines) is 1. The number of aromatic nitrogens is 1. The van der Waals surface area contributed by atoms with Crippen LogP contribution in [0.1, 0.15) is 33.6 Å². The summed E-state index contributed by atoms with van der Waals surface area (Å²) in [6.07, 6.45) is 0.497. The Labute approximate surface area is 168 Å². The van der Waals surface area contributed by atoms with E-state index in [1.165, 1.54) is 27.7 Å². The Morgan fingerprint density at radius 3 is 2.41 bits per heavy atom. The van der Waals surface area contributed by atoms with Crippen LogP contribution in [-0.4, -0.2) is 56.8 Å². The van der Waals surface area contributed by atoms with Crippen molar-refractivity contribution in [2.45, 2.75) is 51.7 Å². The molecule has 0 atom stereocenters. The monoisotopic (exact) mass is 407 g/mol. The Bertz CT molecular complexity index is 960. The van der Waals surface area contributed by atoms with Crippen molar-refractivity contribution in [2.24, 2.45) is 0 Å². The second kappa shape index (κ2) is 8.10. The number of amides is 1. The van der Waals surface area contributed by atoms with Gasteiger partial charge in [-0.3, -0.25) is 4.79 Å². The van der Waals surface area contributed by atoms with Gasteiger partial charge in [0.1, 0.15) is 11.6 Å². The SMILES string of the molecule is CC(C)(C)N(C(=O)O)C1CCN(CCn2c(=O)ccc3c(F)cc(F)cc32)CC1. The molecule has 2 aromatic rings. The second-order valence-corrected chi connectivity index (χ2v) is 8.54. The van der Waals surface area contributed by atoms with E-state index in [4.69, 9.17) is 0 Å². The van der Waals surface area contributed by atoms with Crippen molar-refractivity contribution in [3.63, 3.8) is 0 Å². The molecule has 0 spiro atoms. The molecule has 29 heavy (non-hydrogen) atoms. The molecule has 1 fully saturated rings. The summed E-state index contributed by atoms with van der Waals surface area (Å²) < 4.78 is 29.1. The highest BCUT2D eigenvalue weighted by molar-refractivity contribution is 5.79. The molecule has 8 heteroatoms. The van der Waals surface area contributed by atoms with Crippen molar-refractivity contribution in [1.29, 1.82) is 0 Å². The smallest absolute Gasteiger partial charge is 0.407 e. The predicted octanol–water partition coefficient (Wildman–Crippen LogP) is 3.52. The largest absolute Gasteiger partial charge is 0.465 e. The number of fused-ring (bicyclic) bond motifs is 1. The fourth-order valence-electron chi connectivity index (χ4n) is 4.19. The third kappa shape index (κ3) is 4.58. The summed E-state index contributed by atoms with van der Waals surface area (Å²) in [5.41, 5.74) is -0.528. The number of rotatable bonds is 4. The van der Waals surface area contributed by atoms with Crippen molar-refractivity contribution in [3.8, 4) is 0 Å². The minimum atomic E-state index is -0.915. The van der Waals surface area contributed by atoms with Crippen LogP contribution in [0.25, 0.3) is 10.9 Å². The molecule has 0 bridgehead atoms. The molecule has 1 aliphatic heterocycles. The topological polar surface area (TPSA) is 65.8 Å². The minimum absolute atomic E-state index is 0.0489. The van der Waals surface area contributed by atoms with Gasteiger partial charge in [-0.15, -0.1) is 0 Å². The van der Waals surface area contributed by atoms with Crippen LogP contribution >= 0.6 is 0 Å². The fraction of sp³-hybridized carbons (Fsp3) is 0.524. The van der Waals surface area contributed by atoms with E-state index < -0.39 is 23.3 Å². The lowest BCUT2D eigenvalue weighted by molar-refractivity contribution is 0.0417. The quantitative estimate of drug-likeness (QED) is 0.842. The van der Waals surface area contributed by atoms with Gasteiger partial charge in [0.2, 0.25) is 0 Å². The van der Waals surface area contributed by atoms with Crippen molar-refractivity contribution in [1.82, 2.24) is 14.4 Å². The number of carboxylic acid groups (broad SMARTS) is 1. The van der Waals surface area contributed by atoms with Crippen LogP contribution in [-0.2, 0) is 6.54 Å². The molecule has 1 aromatic carbocycles. The van der Waals surface area contributed by atoms with E-state index in [2.05, 4.69) is 4.90 Å². The summed E-state index contributed by atoms with van der Waals surface area (Å²) in [6.45, 7) is 7.92. The molecule has 1 saturated heterocycles. The Morgan fingerprint density at radius 1 is 1.17 bits per heavy atom. The van der Waals surface area contributed by atoms with E-state index in [-0.39, 0.29) is 22.5 Å². The summed E-state index contributed by atoms with van der Waals surface area (Å²) in [5.74, 6) is -1.41. The standard InChI is InChI=1S/C21H27F2N3O3/c1-21(2,3)26(20(28)29)15-6-8-24(9-7-15)10-11-25-18-13-14(22)12-17(23)16(18)4-5-19(25)27/h4-5,12-13,15H,6-11H2,1-3H3,(H,28,29). The highest BCUT2D eigenvalue weighted by atomic mass is 19.1. The minimum Gasteiger partial charge on any atom is -0.465 e. The lowest BCUT2D eigenvalue weighted by atomic mass is 9.97. The number of carbonyl (C=O) groups is 1. The highest BCUT2D eigenvalue weighted by Gasteiger charge is 2.35. The molecule has 2 heterocycles. The van der Waals surface area contributed by atoms with Crippen LogP contribution in [0, 0.1) is 11.6 Å². The summed E-state index contributed by atoms with van der Waals surface area (Å²) in [4.78, 5) is 27.6. The molecule has 0 unspecified atom stereocenters. The van der Waals surface area contributed by atoms with Crippen LogP contribution in [0.15, 0.2) is 29.1 Å². The number of piperidine rings is 1. The summed E-state index contributed by atoms with van der Waals surface area (Å²) in [5, 5.41) is 9.78. The molecule has 1 N–H and O–H groups in total. The van der Waals surface area contributed by atoms with E-state index >= 15 is 0 Å². The van der Waals surface area contributed by atoms with Gasteiger partial charge in [-0.2, -0.15) is 0 Å². The molecular weight excluding hydrogens is 380 g/mol. The average molecular weight is 407 g/mol. The summed E-state index contributed by atoms with van der Waals surface area (Å²) in [6, 6.07) is 4.61. The number of hydrogen-bond acceptors (Lipinski definition) is 3. The zero-order valence-electron chi connectivity index (χ0n) is 17.0. The van der Waals surface area contributed by atoms with Gasteiger partial charge in [-0.25, -0.2) is 13.6 Å². The van der Waals surface area contributed by atoms with Crippen LogP contribution in [0.2, 0.25) is 0 Å². The number of halogens is 2. The van der Waals surface area contributed by atoms with Crippen molar-refractivity contribution < 1.29 is 18.7 Å². The van der Waals surface area contributed by atoms with Gasteiger partial charge < -0.3 is 19.5 Å². The number of pyridine rings is 1. The lowest BCUT2D eigenvalue weighted by Crippen LogP contribution is -2.54. The summed E-state index contributed by atoms with van der Waals surface area (Å²) in [7, 11) is 0. The Balaban J connectivity index is 1.69. The maximum atomic E-state index is 14.0. The highest BCUT2D eigenvalue weighted by Crippen LogP contribution is 2.25. The van der Waals surface area contributed by atoms with Gasteiger partial charge >= 0.3 is 6.09 Å². The second-order valence-electron chi connectivity index (χ2n) is 8.54. The van der Waals surface area contributed by atoms with E-state index in [1.807, 2.05) is 20.8 Å². The predicted molar refractivity (Wildman–Crippen MR) is 107 cm³/mol. The molecule has 6 nitrogen and oxygen atoms in total. The third-order valence-electron chi connectivity index (χ3n) is 5.51. The van der Waals surface area contributed by atoms with Gasteiger partial charge in [-0.05, 0) is 45.7 Å². The Hall–Kier alpha value is -2.48. The van der Waals surface area contributed by atoms with Gasteiger partial charge in [0, 0.05) is 55.3 Å². The number of hydrogen-bond donors (Lipinski definition) is 1. The van der Waals surface area contributed by atoms with Crippen molar-refractivity contribution in [3.05, 3.63) is 46.3 Å². The van der Waals surface area contributed by atoms with Gasteiger partial charge in [-0.1, -0.05) is 0 Å². The van der Waals surface area contributed by atoms with Crippen molar-refractivity contribution in [2.75, 3.05) is 19.6 Å². The zero-order chi connectivity index (χ0) is 21.3. The van der Waals surface area contributed by atoms with E-state index in [0.717, 1.165) is 6.07 Å². The van der Waals surface area contributed by atoms with Crippen LogP contribution < -0.4 is 5.56 Å². The zero-order valence-corrected chi connectivity index (χ0v) is 17.0. The van der Waals surface area contributed by atoms with E-state index in [9.17, 15) is 23.5 Å². The van der Waals surface area contributed by atoms with E-state index in [0.29, 0.717) is 39.0 Å². The van der Waals surface area contributed by atoms with Crippen LogP contribution in [0.3, 0.4) is 0 Å². The fourth-order valence-corrected chi connectivity index (χ4v) is 4.19. The number of nitrogens with zero attached hydrogens (tertiary/aromatic N) is 3. The maximum Gasteiger partial charge on any atom is 0.407 e. The first-order valence-electron chi connectivity index (χ1n) is 9.81. The molecule has 158 valence electrons. The van der Waals surface area contributed by atoms with Gasteiger partial charge in [0.25, 0.3) is 5.56 Å². The number of benzene rings is 1. The van der Waals surface area contributed by atoms with Crippen molar-refractivity contribution >= 4 is 17.0 Å². The molecule has 0 aliphatic carbocycles. The molecule has 1 aromatic heterocycles.